The Kier molecular flexibility index (Phi) is 5.77. The van der Waals surface area contributed by atoms with Gasteiger partial charge in [0.25, 0.3) is 0 Å². The van der Waals surface area contributed by atoms with Crippen LogP contribution in [0.5, 0.6) is 17.2 Å². The summed E-state index contributed by atoms with van der Waals surface area (Å²) in [6.45, 7) is 2.87. The number of aliphatic hydroxyl groups is 4. The molecule has 5 atom stereocenters. The van der Waals surface area contributed by atoms with Crippen molar-refractivity contribution >= 4 is 11.0 Å². The number of rotatable bonds is 5. The Morgan fingerprint density at radius 3 is 2.50 bits per heavy atom. The molecule has 10 nitrogen and oxygen atoms in total. The summed E-state index contributed by atoms with van der Waals surface area (Å²) in [6, 6.07) is 4.26. The highest BCUT2D eigenvalue weighted by atomic mass is 16.7. The predicted octanol–water partition coefficient (Wildman–Crippen LogP) is -0.536. The van der Waals surface area contributed by atoms with E-state index in [0.717, 1.165) is 0 Å². The zero-order valence-electron chi connectivity index (χ0n) is 15.2. The highest BCUT2D eigenvalue weighted by Gasteiger charge is 2.44. The maximum atomic E-state index is 11.9. The number of ether oxygens (including phenoxy) is 3. The normalized spacial score (nSPS) is 27.9. The molecule has 0 aliphatic carbocycles. The van der Waals surface area contributed by atoms with E-state index in [1.54, 1.807) is 13.8 Å². The van der Waals surface area contributed by atoms with Crippen molar-refractivity contribution < 1.29 is 44.2 Å². The van der Waals surface area contributed by atoms with Gasteiger partial charge < -0.3 is 44.2 Å². The van der Waals surface area contributed by atoms with Crippen LogP contribution in [-0.2, 0) is 4.74 Å². The van der Waals surface area contributed by atoms with Crippen LogP contribution < -0.4 is 15.1 Å². The quantitative estimate of drug-likeness (QED) is 0.414. The van der Waals surface area contributed by atoms with E-state index in [-0.39, 0.29) is 23.2 Å². The summed E-state index contributed by atoms with van der Waals surface area (Å²) in [5.74, 6) is -0.564. The average molecular weight is 398 g/mol. The van der Waals surface area contributed by atoms with Crippen molar-refractivity contribution in [3.05, 3.63) is 28.6 Å². The zero-order valence-corrected chi connectivity index (χ0v) is 15.2. The molecule has 10 heteroatoms. The maximum Gasteiger partial charge on any atom is 0.382 e. The molecule has 0 unspecified atom stereocenters. The Bertz CT molecular complexity index is 890. The summed E-state index contributed by atoms with van der Waals surface area (Å²) in [6.07, 6.45) is -7.49. The zero-order chi connectivity index (χ0) is 20.6. The van der Waals surface area contributed by atoms with E-state index in [4.69, 9.17) is 18.6 Å². The van der Waals surface area contributed by atoms with Crippen molar-refractivity contribution in [2.45, 2.75) is 50.7 Å². The van der Waals surface area contributed by atoms with E-state index in [2.05, 4.69) is 0 Å². The lowest BCUT2D eigenvalue weighted by Crippen LogP contribution is -2.60. The second kappa shape index (κ2) is 7.94. The first-order chi connectivity index (χ1) is 13.2. The smallest absolute Gasteiger partial charge is 0.382 e. The minimum atomic E-state index is -1.59. The first kappa shape index (κ1) is 20.4. The van der Waals surface area contributed by atoms with Crippen LogP contribution in [0.3, 0.4) is 0 Å². The third kappa shape index (κ3) is 3.77. The molecule has 3 rings (SSSR count). The molecule has 1 saturated heterocycles. The summed E-state index contributed by atoms with van der Waals surface area (Å²) >= 11 is 0. The number of fused-ring (bicyclic) bond motifs is 1. The Balaban J connectivity index is 1.92. The molecule has 0 saturated carbocycles. The lowest BCUT2D eigenvalue weighted by atomic mass is 9.99. The number of aliphatic hydroxyl groups excluding tert-OH is 4. The van der Waals surface area contributed by atoms with Gasteiger partial charge in [0.2, 0.25) is 12.0 Å². The second-order valence-electron chi connectivity index (χ2n) is 6.71. The Morgan fingerprint density at radius 1 is 1.14 bits per heavy atom. The van der Waals surface area contributed by atoms with E-state index in [0.29, 0.717) is 5.39 Å². The molecular weight excluding hydrogens is 376 g/mol. The van der Waals surface area contributed by atoms with Gasteiger partial charge in [0, 0.05) is 6.07 Å². The summed E-state index contributed by atoms with van der Waals surface area (Å²) in [5.41, 5.74) is -0.936. The molecule has 1 aromatic carbocycles. The molecule has 154 valence electrons. The predicted molar refractivity (Wildman–Crippen MR) is 94.3 cm³/mol. The molecule has 1 aliphatic heterocycles. The van der Waals surface area contributed by atoms with Gasteiger partial charge in [0.1, 0.15) is 35.7 Å². The van der Waals surface area contributed by atoms with Gasteiger partial charge in [-0.2, -0.15) is 0 Å². The number of aromatic hydroxyl groups is 1. The van der Waals surface area contributed by atoms with Gasteiger partial charge in [-0.3, -0.25) is 0 Å². The molecule has 0 amide bonds. The van der Waals surface area contributed by atoms with E-state index in [1.807, 2.05) is 0 Å². The van der Waals surface area contributed by atoms with Crippen LogP contribution in [0.25, 0.3) is 11.0 Å². The second-order valence-corrected chi connectivity index (χ2v) is 6.71. The first-order valence-corrected chi connectivity index (χ1v) is 8.66. The SMILES string of the molecule is CC(C)Oc1c(O)c(=O)oc2cc(O[C@@H]3O[C@H](CO)[C@@H](O)[C@H](O)[C@H]3O)ccc12. The highest BCUT2D eigenvalue weighted by molar-refractivity contribution is 5.86. The van der Waals surface area contributed by atoms with Crippen molar-refractivity contribution in [2.24, 2.45) is 0 Å². The van der Waals surface area contributed by atoms with Gasteiger partial charge in [0.05, 0.1) is 18.1 Å². The minimum absolute atomic E-state index is 0.0272. The third-order valence-electron chi connectivity index (χ3n) is 4.26. The van der Waals surface area contributed by atoms with E-state index >= 15 is 0 Å². The molecule has 0 spiro atoms. The van der Waals surface area contributed by atoms with Gasteiger partial charge >= 0.3 is 5.63 Å². The lowest BCUT2D eigenvalue weighted by Gasteiger charge is -2.39. The fraction of sp³-hybridized carbons (Fsp3) is 0.500. The van der Waals surface area contributed by atoms with Crippen LogP contribution in [0, 0.1) is 0 Å². The third-order valence-corrected chi connectivity index (χ3v) is 4.26. The van der Waals surface area contributed by atoms with Crippen molar-refractivity contribution in [3.8, 4) is 17.2 Å². The average Bonchev–Trinajstić information content (AvgIpc) is 2.65. The molecule has 1 aliphatic rings. The Labute approximate surface area is 159 Å². The molecule has 0 bridgehead atoms. The van der Waals surface area contributed by atoms with Crippen LogP contribution >= 0.6 is 0 Å². The van der Waals surface area contributed by atoms with Gasteiger partial charge in [-0.1, -0.05) is 0 Å². The monoisotopic (exact) mass is 398 g/mol. The summed E-state index contributed by atoms with van der Waals surface area (Å²) in [4.78, 5) is 11.9. The molecule has 2 heterocycles. The Hall–Kier alpha value is -2.37. The topological polar surface area (TPSA) is 159 Å². The van der Waals surface area contributed by atoms with Crippen molar-refractivity contribution in [1.29, 1.82) is 0 Å². The first-order valence-electron chi connectivity index (χ1n) is 8.66. The number of hydrogen-bond acceptors (Lipinski definition) is 10. The molecule has 1 aromatic heterocycles. The standard InChI is InChI=1S/C18H22O10/c1-7(2)25-16-9-4-3-8(5-10(9)27-17(24)15(16)23)26-18-14(22)13(21)12(20)11(6-19)28-18/h3-5,7,11-14,18-23H,6H2,1-2H3/t11-,12-,13+,14-,18-/m1/s1. The molecular formula is C18H22O10. The van der Waals surface area contributed by atoms with Crippen LogP contribution in [0.1, 0.15) is 13.8 Å². The van der Waals surface area contributed by atoms with E-state index in [1.165, 1.54) is 18.2 Å². The van der Waals surface area contributed by atoms with Crippen LogP contribution in [-0.4, -0.2) is 68.9 Å². The molecule has 0 radical (unpaired) electrons. The summed E-state index contributed by atoms with van der Waals surface area (Å²) in [5, 5.41) is 49.2. The number of benzene rings is 1. The fourth-order valence-electron chi connectivity index (χ4n) is 2.87. The summed E-state index contributed by atoms with van der Waals surface area (Å²) < 4.78 is 21.3. The van der Waals surface area contributed by atoms with E-state index < -0.39 is 48.7 Å². The van der Waals surface area contributed by atoms with E-state index in [9.17, 15) is 30.3 Å². The van der Waals surface area contributed by atoms with Crippen molar-refractivity contribution in [3.63, 3.8) is 0 Å². The van der Waals surface area contributed by atoms with Gasteiger partial charge in [-0.05, 0) is 26.0 Å². The minimum Gasteiger partial charge on any atom is -0.499 e. The maximum absolute atomic E-state index is 11.9. The van der Waals surface area contributed by atoms with Crippen LogP contribution in [0.2, 0.25) is 0 Å². The van der Waals surface area contributed by atoms with Gasteiger partial charge in [0.15, 0.2) is 5.75 Å². The van der Waals surface area contributed by atoms with Crippen molar-refractivity contribution in [1.82, 2.24) is 0 Å². The molecule has 5 N–H and O–H groups in total. The largest absolute Gasteiger partial charge is 0.499 e. The summed E-state index contributed by atoms with van der Waals surface area (Å²) in [7, 11) is 0. The van der Waals surface area contributed by atoms with Gasteiger partial charge in [-0.15, -0.1) is 0 Å². The number of hydrogen-bond donors (Lipinski definition) is 5. The van der Waals surface area contributed by atoms with Crippen LogP contribution in [0.4, 0.5) is 0 Å². The van der Waals surface area contributed by atoms with Gasteiger partial charge in [-0.25, -0.2) is 4.79 Å². The van der Waals surface area contributed by atoms with Crippen LogP contribution in [0.15, 0.2) is 27.4 Å². The molecule has 1 fully saturated rings. The molecule has 2 aromatic rings. The lowest BCUT2D eigenvalue weighted by molar-refractivity contribution is -0.277. The Morgan fingerprint density at radius 2 is 1.86 bits per heavy atom. The fourth-order valence-corrected chi connectivity index (χ4v) is 2.87. The van der Waals surface area contributed by atoms with Crippen molar-refractivity contribution in [2.75, 3.05) is 6.61 Å². The molecule has 28 heavy (non-hydrogen) atoms. The highest BCUT2D eigenvalue weighted by Crippen LogP contribution is 2.35.